The number of benzene rings is 1. The van der Waals surface area contributed by atoms with E-state index in [-0.39, 0.29) is 22.9 Å². The fraction of sp³-hybridized carbons (Fsp3) is 0.500. The van der Waals surface area contributed by atoms with Gasteiger partial charge in [-0.15, -0.1) is 11.6 Å². The normalized spacial score (nSPS) is 23.3. The maximum Gasteiger partial charge on any atom is 0.152 e. The molecule has 0 N–H and O–H groups in total. The molecule has 1 fully saturated rings. The van der Waals surface area contributed by atoms with Gasteiger partial charge in [0.1, 0.15) is 11.3 Å². The van der Waals surface area contributed by atoms with Crippen molar-refractivity contribution >= 4 is 44.1 Å². The van der Waals surface area contributed by atoms with E-state index < -0.39 is 9.84 Å². The Morgan fingerprint density at radius 1 is 1.43 bits per heavy atom. The van der Waals surface area contributed by atoms with Gasteiger partial charge in [0.2, 0.25) is 0 Å². The summed E-state index contributed by atoms with van der Waals surface area (Å²) in [5.41, 5.74) is 1.54. The predicted molar refractivity (Wildman–Crippen MR) is 85.9 cm³/mol. The predicted octanol–water partition coefficient (Wildman–Crippen LogP) is 3.74. The molecule has 1 aliphatic rings. The zero-order valence-corrected chi connectivity index (χ0v) is 13.9. The van der Waals surface area contributed by atoms with Crippen LogP contribution in [-0.2, 0) is 9.84 Å². The highest BCUT2D eigenvalue weighted by Crippen LogP contribution is 2.34. The number of imidazole rings is 1. The lowest BCUT2D eigenvalue weighted by Crippen LogP contribution is -2.28. The smallest absolute Gasteiger partial charge is 0.152 e. The van der Waals surface area contributed by atoms with Gasteiger partial charge in [-0.05, 0) is 31.9 Å². The minimum absolute atomic E-state index is 0.122. The van der Waals surface area contributed by atoms with Gasteiger partial charge in [-0.3, -0.25) is 0 Å². The van der Waals surface area contributed by atoms with Crippen molar-refractivity contribution in [2.75, 3.05) is 11.5 Å². The van der Waals surface area contributed by atoms with E-state index in [9.17, 15) is 8.42 Å². The summed E-state index contributed by atoms with van der Waals surface area (Å²) in [6.07, 6.45) is 1.48. The third-order valence-electron chi connectivity index (χ3n) is 3.86. The minimum atomic E-state index is -3.00. The summed E-state index contributed by atoms with van der Waals surface area (Å²) in [7, 11) is -3.00. The second kappa shape index (κ2) is 5.45. The van der Waals surface area contributed by atoms with Crippen LogP contribution in [0.4, 0.5) is 0 Å². The average Bonchev–Trinajstić information content (AvgIpc) is 2.78. The summed E-state index contributed by atoms with van der Waals surface area (Å²) in [6.45, 7) is 1.84. The van der Waals surface area contributed by atoms with Crippen LogP contribution in [0.5, 0.6) is 0 Å². The molecule has 1 aromatic heterocycles. The molecule has 0 amide bonds. The zero-order valence-electron chi connectivity index (χ0n) is 11.6. The number of para-hydroxylation sites is 1. The molecule has 0 radical (unpaired) electrons. The van der Waals surface area contributed by atoms with Crippen LogP contribution in [0.25, 0.3) is 11.0 Å². The van der Waals surface area contributed by atoms with Gasteiger partial charge in [0.15, 0.2) is 9.84 Å². The molecule has 2 aromatic rings. The number of fused-ring (bicyclic) bond motifs is 1. The summed E-state index contributed by atoms with van der Waals surface area (Å²) in [5, 5.41) is 0.251. The van der Waals surface area contributed by atoms with Crippen molar-refractivity contribution in [2.24, 2.45) is 0 Å². The quantitative estimate of drug-likeness (QED) is 0.778. The first-order valence-electron chi connectivity index (χ1n) is 6.90. The fourth-order valence-electron chi connectivity index (χ4n) is 2.97. The molecular weight excluding hydrogens is 331 g/mol. The van der Waals surface area contributed by atoms with Gasteiger partial charge >= 0.3 is 0 Å². The van der Waals surface area contributed by atoms with Crippen LogP contribution in [0, 0.1) is 0 Å². The molecule has 7 heteroatoms. The van der Waals surface area contributed by atoms with Gasteiger partial charge in [0.05, 0.1) is 27.4 Å². The lowest BCUT2D eigenvalue weighted by molar-refractivity contribution is 0.466. The Hall–Kier alpha value is -0.780. The lowest BCUT2D eigenvalue weighted by atomic mass is 10.1. The Labute approximate surface area is 134 Å². The Kier molecular flexibility index (Phi) is 3.93. The topological polar surface area (TPSA) is 52.0 Å². The molecular formula is C14H16Cl2N2O2S. The molecule has 1 aromatic carbocycles. The molecule has 0 spiro atoms. The molecule has 3 rings (SSSR count). The lowest BCUT2D eigenvalue weighted by Gasteiger charge is -2.26. The van der Waals surface area contributed by atoms with Gasteiger partial charge < -0.3 is 4.57 Å². The number of alkyl halides is 1. The third kappa shape index (κ3) is 2.79. The molecule has 1 saturated heterocycles. The van der Waals surface area contributed by atoms with Crippen molar-refractivity contribution in [3.05, 3.63) is 29.0 Å². The number of halogens is 2. The van der Waals surface area contributed by atoms with Crippen LogP contribution < -0.4 is 0 Å². The number of hydrogen-bond donors (Lipinski definition) is 0. The Bertz CT molecular complexity index is 784. The van der Waals surface area contributed by atoms with Crippen molar-refractivity contribution in [1.29, 1.82) is 0 Å². The van der Waals surface area contributed by atoms with E-state index in [0.29, 0.717) is 22.8 Å². The van der Waals surface area contributed by atoms with Crippen molar-refractivity contribution in [2.45, 2.75) is 31.2 Å². The average molecular weight is 347 g/mol. The van der Waals surface area contributed by atoms with E-state index >= 15 is 0 Å². The van der Waals surface area contributed by atoms with Crippen molar-refractivity contribution < 1.29 is 8.42 Å². The van der Waals surface area contributed by atoms with Gasteiger partial charge in [-0.1, -0.05) is 17.7 Å². The number of sulfone groups is 1. The summed E-state index contributed by atoms with van der Waals surface area (Å²) < 4.78 is 25.9. The largest absolute Gasteiger partial charge is 0.323 e. The summed E-state index contributed by atoms with van der Waals surface area (Å²) >= 11 is 12.5. The van der Waals surface area contributed by atoms with Gasteiger partial charge in [-0.25, -0.2) is 13.4 Å². The fourth-order valence-corrected chi connectivity index (χ4v) is 5.01. The minimum Gasteiger partial charge on any atom is -0.323 e. The van der Waals surface area contributed by atoms with Crippen LogP contribution in [0.3, 0.4) is 0 Å². The molecule has 4 nitrogen and oxygen atoms in total. The van der Waals surface area contributed by atoms with Crippen LogP contribution in [0.2, 0.25) is 5.02 Å². The van der Waals surface area contributed by atoms with E-state index in [0.717, 1.165) is 11.9 Å². The molecule has 2 atom stereocenters. The SMILES string of the molecule is CC(Cl)c1nc2c(Cl)cccc2n1C1CCCS(=O)(=O)C1. The number of hydrogen-bond acceptors (Lipinski definition) is 3. The second-order valence-electron chi connectivity index (χ2n) is 5.47. The first-order valence-corrected chi connectivity index (χ1v) is 9.53. The molecule has 0 aliphatic carbocycles. The van der Waals surface area contributed by atoms with Gasteiger partial charge in [0, 0.05) is 6.04 Å². The summed E-state index contributed by atoms with van der Waals surface area (Å²) in [4.78, 5) is 4.54. The molecule has 0 bridgehead atoms. The molecule has 2 heterocycles. The monoisotopic (exact) mass is 346 g/mol. The van der Waals surface area contributed by atoms with E-state index in [1.165, 1.54) is 0 Å². The molecule has 2 unspecified atom stereocenters. The van der Waals surface area contributed by atoms with E-state index in [1.54, 1.807) is 6.07 Å². The summed E-state index contributed by atoms with van der Waals surface area (Å²) in [5.74, 6) is 1.09. The standard InChI is InChI=1S/C14H16Cl2N2O2S/c1-9(15)14-17-13-11(16)5-2-6-12(13)18(14)10-4-3-7-21(19,20)8-10/h2,5-6,9-10H,3-4,7-8H2,1H3. The maximum atomic E-state index is 11.9. The first-order chi connectivity index (χ1) is 9.89. The molecule has 114 valence electrons. The van der Waals surface area contributed by atoms with Gasteiger partial charge in [0.25, 0.3) is 0 Å². The molecule has 0 saturated carbocycles. The highest BCUT2D eigenvalue weighted by Gasteiger charge is 2.30. The highest BCUT2D eigenvalue weighted by atomic mass is 35.5. The van der Waals surface area contributed by atoms with Gasteiger partial charge in [-0.2, -0.15) is 0 Å². The molecule has 21 heavy (non-hydrogen) atoms. The van der Waals surface area contributed by atoms with E-state index in [4.69, 9.17) is 23.2 Å². The van der Waals surface area contributed by atoms with Crippen molar-refractivity contribution in [3.63, 3.8) is 0 Å². The maximum absolute atomic E-state index is 11.9. The third-order valence-corrected chi connectivity index (χ3v) is 6.16. The van der Waals surface area contributed by atoms with Crippen LogP contribution in [-0.4, -0.2) is 29.5 Å². The van der Waals surface area contributed by atoms with Crippen LogP contribution in [0.1, 0.15) is 37.0 Å². The van der Waals surface area contributed by atoms with E-state index in [2.05, 4.69) is 4.98 Å². The summed E-state index contributed by atoms with van der Waals surface area (Å²) in [6, 6.07) is 5.42. The first kappa shape index (κ1) is 15.1. The highest BCUT2D eigenvalue weighted by molar-refractivity contribution is 7.91. The Morgan fingerprint density at radius 2 is 2.19 bits per heavy atom. The van der Waals surface area contributed by atoms with Crippen molar-refractivity contribution in [1.82, 2.24) is 9.55 Å². The van der Waals surface area contributed by atoms with Crippen LogP contribution in [0.15, 0.2) is 18.2 Å². The Morgan fingerprint density at radius 3 is 2.86 bits per heavy atom. The molecule has 1 aliphatic heterocycles. The number of aromatic nitrogens is 2. The number of nitrogens with zero attached hydrogens (tertiary/aromatic N) is 2. The number of rotatable bonds is 2. The van der Waals surface area contributed by atoms with E-state index in [1.807, 2.05) is 23.6 Å². The zero-order chi connectivity index (χ0) is 15.2. The van der Waals surface area contributed by atoms with Crippen molar-refractivity contribution in [3.8, 4) is 0 Å². The second-order valence-corrected chi connectivity index (χ2v) is 8.76. The van der Waals surface area contributed by atoms with Crippen LogP contribution >= 0.6 is 23.2 Å². The Balaban J connectivity index is 2.20.